The quantitative estimate of drug-likeness (QED) is 0.605. The van der Waals surface area contributed by atoms with Crippen LogP contribution in [0.1, 0.15) is 0 Å². The summed E-state index contributed by atoms with van der Waals surface area (Å²) in [5.74, 6) is 1.65. The number of urea groups is 1. The van der Waals surface area contributed by atoms with E-state index in [1.165, 1.54) is 0 Å². The predicted octanol–water partition coefficient (Wildman–Crippen LogP) is 3.03. The first-order valence-corrected chi connectivity index (χ1v) is 10.2. The maximum Gasteiger partial charge on any atom is 0.326 e. The Labute approximate surface area is 180 Å². The van der Waals surface area contributed by atoms with Crippen molar-refractivity contribution in [3.05, 3.63) is 42.5 Å². The second-order valence-electron chi connectivity index (χ2n) is 7.18. The SMILES string of the molecule is COc1ccc(OC)c(NC(=O)Nc2nc3ccccc3n2CCN2CCOCC2)c1. The minimum absolute atomic E-state index is 0.408. The largest absolute Gasteiger partial charge is 0.497 e. The van der Waals surface area contributed by atoms with Gasteiger partial charge < -0.3 is 24.1 Å². The van der Waals surface area contributed by atoms with E-state index in [9.17, 15) is 4.79 Å². The van der Waals surface area contributed by atoms with Crippen molar-refractivity contribution in [3.8, 4) is 11.5 Å². The van der Waals surface area contributed by atoms with E-state index in [0.29, 0.717) is 29.7 Å². The number of amides is 2. The molecule has 2 amide bonds. The first-order valence-electron chi connectivity index (χ1n) is 10.2. The van der Waals surface area contributed by atoms with Crippen LogP contribution in [-0.4, -0.2) is 67.5 Å². The standard InChI is InChI=1S/C22H27N5O4/c1-29-16-7-8-20(30-2)18(15-16)24-22(28)25-21-23-17-5-3-4-6-19(17)27(21)10-9-26-11-13-31-14-12-26/h3-8,15H,9-14H2,1-2H3,(H2,23,24,25,28). The number of hydrogen-bond donors (Lipinski definition) is 2. The number of nitrogens with zero attached hydrogens (tertiary/aromatic N) is 3. The maximum absolute atomic E-state index is 12.8. The second kappa shape index (κ2) is 9.67. The summed E-state index contributed by atoms with van der Waals surface area (Å²) in [5, 5.41) is 5.71. The molecule has 2 aromatic carbocycles. The summed E-state index contributed by atoms with van der Waals surface area (Å²) in [7, 11) is 3.12. The Balaban J connectivity index is 1.53. The van der Waals surface area contributed by atoms with Crippen LogP contribution < -0.4 is 20.1 Å². The molecule has 2 heterocycles. The van der Waals surface area contributed by atoms with Crippen molar-refractivity contribution in [1.29, 1.82) is 0 Å². The zero-order valence-electron chi connectivity index (χ0n) is 17.8. The monoisotopic (exact) mass is 425 g/mol. The fourth-order valence-electron chi connectivity index (χ4n) is 3.63. The van der Waals surface area contributed by atoms with Crippen molar-refractivity contribution in [2.75, 3.05) is 57.7 Å². The van der Waals surface area contributed by atoms with Gasteiger partial charge in [-0.3, -0.25) is 10.2 Å². The fraction of sp³-hybridized carbons (Fsp3) is 0.364. The lowest BCUT2D eigenvalue weighted by atomic mass is 10.2. The van der Waals surface area contributed by atoms with Gasteiger partial charge in [0.15, 0.2) is 0 Å². The highest BCUT2D eigenvalue weighted by Crippen LogP contribution is 2.29. The Hall–Kier alpha value is -3.30. The van der Waals surface area contributed by atoms with E-state index in [2.05, 4.69) is 20.5 Å². The number of morpholine rings is 1. The van der Waals surface area contributed by atoms with Crippen LogP contribution in [0.15, 0.2) is 42.5 Å². The molecule has 1 aromatic heterocycles. The smallest absolute Gasteiger partial charge is 0.326 e. The molecule has 0 spiro atoms. The number of nitrogens with one attached hydrogen (secondary N) is 2. The molecule has 0 bridgehead atoms. The second-order valence-corrected chi connectivity index (χ2v) is 7.18. The number of hydrogen-bond acceptors (Lipinski definition) is 6. The van der Waals surface area contributed by atoms with Crippen molar-refractivity contribution in [2.45, 2.75) is 6.54 Å². The number of ether oxygens (including phenoxy) is 3. The number of imidazole rings is 1. The lowest BCUT2D eigenvalue weighted by molar-refractivity contribution is 0.0366. The number of carbonyl (C=O) groups is 1. The Morgan fingerprint density at radius 3 is 2.65 bits per heavy atom. The average Bonchev–Trinajstić information content (AvgIpc) is 3.15. The number of methoxy groups -OCH3 is 2. The molecule has 4 rings (SSSR count). The van der Waals surface area contributed by atoms with E-state index in [1.54, 1.807) is 32.4 Å². The van der Waals surface area contributed by atoms with Crippen LogP contribution in [0.5, 0.6) is 11.5 Å². The molecule has 0 saturated carbocycles. The van der Waals surface area contributed by atoms with Gasteiger partial charge >= 0.3 is 6.03 Å². The van der Waals surface area contributed by atoms with E-state index < -0.39 is 6.03 Å². The van der Waals surface area contributed by atoms with Gasteiger partial charge in [-0.1, -0.05) is 12.1 Å². The first kappa shape index (κ1) is 21.0. The number of carbonyl (C=O) groups excluding carboxylic acids is 1. The Morgan fingerprint density at radius 1 is 1.06 bits per heavy atom. The highest BCUT2D eigenvalue weighted by molar-refractivity contribution is 6.00. The van der Waals surface area contributed by atoms with Crippen LogP contribution in [0.4, 0.5) is 16.4 Å². The highest BCUT2D eigenvalue weighted by atomic mass is 16.5. The molecule has 0 radical (unpaired) electrons. The third-order valence-corrected chi connectivity index (χ3v) is 5.28. The Morgan fingerprint density at radius 2 is 1.87 bits per heavy atom. The summed E-state index contributed by atoms with van der Waals surface area (Å²) in [6.45, 7) is 4.88. The number of benzene rings is 2. The van der Waals surface area contributed by atoms with Crippen molar-refractivity contribution in [2.24, 2.45) is 0 Å². The van der Waals surface area contributed by atoms with Crippen LogP contribution in [-0.2, 0) is 11.3 Å². The van der Waals surface area contributed by atoms with Gasteiger partial charge in [0, 0.05) is 32.2 Å². The van der Waals surface area contributed by atoms with Crippen molar-refractivity contribution in [1.82, 2.24) is 14.5 Å². The Bertz CT molecular complexity index is 1050. The summed E-state index contributed by atoms with van der Waals surface area (Å²) < 4.78 is 18.0. The van der Waals surface area contributed by atoms with Gasteiger partial charge in [-0.05, 0) is 24.3 Å². The normalized spacial score (nSPS) is 14.4. The van der Waals surface area contributed by atoms with E-state index in [1.807, 2.05) is 28.8 Å². The molecule has 1 saturated heterocycles. The third kappa shape index (κ3) is 4.89. The molecular formula is C22H27N5O4. The van der Waals surface area contributed by atoms with Crippen LogP contribution in [0.3, 0.4) is 0 Å². The summed E-state index contributed by atoms with van der Waals surface area (Å²) in [5.41, 5.74) is 2.32. The van der Waals surface area contributed by atoms with E-state index in [0.717, 1.165) is 43.9 Å². The molecule has 1 aliphatic heterocycles. The Kier molecular flexibility index (Phi) is 6.54. The summed E-state index contributed by atoms with van der Waals surface area (Å²) >= 11 is 0. The zero-order valence-corrected chi connectivity index (χ0v) is 17.8. The predicted molar refractivity (Wildman–Crippen MR) is 119 cm³/mol. The molecule has 0 aliphatic carbocycles. The van der Waals surface area contributed by atoms with Crippen molar-refractivity contribution < 1.29 is 19.0 Å². The van der Waals surface area contributed by atoms with Gasteiger partial charge in [0.25, 0.3) is 0 Å². The third-order valence-electron chi connectivity index (χ3n) is 5.28. The van der Waals surface area contributed by atoms with Crippen LogP contribution in [0.25, 0.3) is 11.0 Å². The van der Waals surface area contributed by atoms with Gasteiger partial charge in [0.1, 0.15) is 11.5 Å². The number of fused-ring (bicyclic) bond motifs is 1. The zero-order chi connectivity index (χ0) is 21.6. The van der Waals surface area contributed by atoms with Gasteiger partial charge in [0.2, 0.25) is 5.95 Å². The fourth-order valence-corrected chi connectivity index (χ4v) is 3.63. The molecule has 1 aliphatic rings. The maximum atomic E-state index is 12.8. The minimum atomic E-state index is -0.408. The summed E-state index contributed by atoms with van der Waals surface area (Å²) in [4.78, 5) is 19.8. The lowest BCUT2D eigenvalue weighted by Gasteiger charge is -2.26. The molecule has 1 fully saturated rings. The number of rotatable bonds is 7. The van der Waals surface area contributed by atoms with Gasteiger partial charge in [-0.2, -0.15) is 0 Å². The van der Waals surface area contributed by atoms with Crippen LogP contribution >= 0.6 is 0 Å². The van der Waals surface area contributed by atoms with Crippen molar-refractivity contribution >= 4 is 28.7 Å². The van der Waals surface area contributed by atoms with Crippen molar-refractivity contribution in [3.63, 3.8) is 0 Å². The molecule has 31 heavy (non-hydrogen) atoms. The number of anilines is 2. The lowest BCUT2D eigenvalue weighted by Crippen LogP contribution is -2.38. The number of para-hydroxylation sites is 2. The molecule has 2 N–H and O–H groups in total. The number of aromatic nitrogens is 2. The summed E-state index contributed by atoms with van der Waals surface area (Å²) in [6, 6.07) is 12.7. The summed E-state index contributed by atoms with van der Waals surface area (Å²) in [6.07, 6.45) is 0. The molecule has 164 valence electrons. The average molecular weight is 425 g/mol. The molecule has 0 unspecified atom stereocenters. The minimum Gasteiger partial charge on any atom is -0.497 e. The van der Waals surface area contributed by atoms with E-state index in [-0.39, 0.29) is 0 Å². The van der Waals surface area contributed by atoms with Crippen LogP contribution in [0, 0.1) is 0 Å². The van der Waals surface area contributed by atoms with Crippen LogP contribution in [0.2, 0.25) is 0 Å². The molecule has 3 aromatic rings. The first-order chi connectivity index (χ1) is 15.2. The van der Waals surface area contributed by atoms with E-state index in [4.69, 9.17) is 14.2 Å². The van der Waals surface area contributed by atoms with Gasteiger partial charge in [0.05, 0.1) is 44.2 Å². The van der Waals surface area contributed by atoms with E-state index >= 15 is 0 Å². The molecular weight excluding hydrogens is 398 g/mol. The molecule has 9 nitrogen and oxygen atoms in total. The molecule has 0 atom stereocenters. The topological polar surface area (TPSA) is 89.9 Å². The molecule has 9 heteroatoms. The van der Waals surface area contributed by atoms with Gasteiger partial charge in [-0.25, -0.2) is 9.78 Å². The highest BCUT2D eigenvalue weighted by Gasteiger charge is 2.17. The van der Waals surface area contributed by atoms with Gasteiger partial charge in [-0.15, -0.1) is 0 Å².